The lowest BCUT2D eigenvalue weighted by Crippen LogP contribution is -2.29. The van der Waals surface area contributed by atoms with Crippen LogP contribution < -0.4 is 5.32 Å². The Morgan fingerprint density at radius 2 is 1.95 bits per heavy atom. The Morgan fingerprint density at radius 1 is 1.19 bits per heavy atom. The van der Waals surface area contributed by atoms with Gasteiger partial charge >= 0.3 is 0 Å². The van der Waals surface area contributed by atoms with E-state index in [1.165, 1.54) is 31.5 Å². The maximum absolute atomic E-state index is 4.58. The van der Waals surface area contributed by atoms with E-state index in [4.69, 9.17) is 0 Å². The molecular weight excluding hydrogens is 262 g/mol. The Morgan fingerprint density at radius 3 is 2.71 bits per heavy atom. The number of aryl methyl sites for hydroxylation is 1. The Kier molecular flexibility index (Phi) is 4.62. The summed E-state index contributed by atoms with van der Waals surface area (Å²) in [5.41, 5.74) is 3.42. The van der Waals surface area contributed by atoms with Crippen molar-refractivity contribution in [3.8, 4) is 11.3 Å². The van der Waals surface area contributed by atoms with E-state index in [1.807, 2.05) is 36.3 Å². The number of aromatic nitrogens is 3. The second-order valence-corrected chi connectivity index (χ2v) is 5.64. The van der Waals surface area contributed by atoms with Gasteiger partial charge in [0.15, 0.2) is 0 Å². The van der Waals surface area contributed by atoms with Gasteiger partial charge in [0, 0.05) is 56.4 Å². The van der Waals surface area contributed by atoms with E-state index in [-0.39, 0.29) is 0 Å². The Hall–Kier alpha value is -1.72. The molecule has 1 aliphatic rings. The van der Waals surface area contributed by atoms with Crippen LogP contribution in [0.1, 0.15) is 18.4 Å². The predicted octanol–water partition coefficient (Wildman–Crippen LogP) is 1.67. The highest BCUT2D eigenvalue weighted by Crippen LogP contribution is 2.20. The SMILES string of the molecule is Cn1cc(CNCCN2CCCC2)c(-c2ccncc2)n1. The van der Waals surface area contributed by atoms with Crippen molar-refractivity contribution in [2.24, 2.45) is 7.05 Å². The van der Waals surface area contributed by atoms with Crippen molar-refractivity contribution in [1.29, 1.82) is 0 Å². The van der Waals surface area contributed by atoms with E-state index >= 15 is 0 Å². The summed E-state index contributed by atoms with van der Waals surface area (Å²) < 4.78 is 1.88. The summed E-state index contributed by atoms with van der Waals surface area (Å²) in [5.74, 6) is 0. The molecule has 1 N–H and O–H groups in total. The van der Waals surface area contributed by atoms with E-state index in [1.54, 1.807) is 0 Å². The summed E-state index contributed by atoms with van der Waals surface area (Å²) >= 11 is 0. The van der Waals surface area contributed by atoms with Crippen molar-refractivity contribution < 1.29 is 0 Å². The fourth-order valence-corrected chi connectivity index (χ4v) is 2.89. The molecule has 1 aliphatic heterocycles. The molecular formula is C16H23N5. The molecule has 5 heteroatoms. The Bertz CT molecular complexity index is 557. The van der Waals surface area contributed by atoms with Crippen molar-refractivity contribution in [2.45, 2.75) is 19.4 Å². The van der Waals surface area contributed by atoms with Crippen LogP contribution >= 0.6 is 0 Å². The average Bonchev–Trinajstić information content (AvgIpc) is 3.14. The van der Waals surface area contributed by atoms with E-state index in [0.717, 1.165) is 30.9 Å². The summed E-state index contributed by atoms with van der Waals surface area (Å²) in [7, 11) is 1.97. The van der Waals surface area contributed by atoms with E-state index in [9.17, 15) is 0 Å². The first kappa shape index (κ1) is 14.2. The van der Waals surface area contributed by atoms with Crippen LogP contribution in [0.4, 0.5) is 0 Å². The molecule has 3 rings (SSSR count). The Labute approximate surface area is 126 Å². The zero-order valence-corrected chi connectivity index (χ0v) is 12.6. The van der Waals surface area contributed by atoms with Gasteiger partial charge in [-0.25, -0.2) is 0 Å². The van der Waals surface area contributed by atoms with Crippen molar-refractivity contribution in [2.75, 3.05) is 26.2 Å². The summed E-state index contributed by atoms with van der Waals surface area (Å²) in [5, 5.41) is 8.12. The van der Waals surface area contributed by atoms with Crippen LogP contribution in [0.2, 0.25) is 0 Å². The Balaban J connectivity index is 1.57. The summed E-state index contributed by atoms with van der Waals surface area (Å²) in [6.45, 7) is 5.56. The molecule has 1 saturated heterocycles. The van der Waals surface area contributed by atoms with E-state index in [0.29, 0.717) is 0 Å². The quantitative estimate of drug-likeness (QED) is 0.820. The van der Waals surface area contributed by atoms with Crippen LogP contribution in [0.15, 0.2) is 30.7 Å². The van der Waals surface area contributed by atoms with Gasteiger partial charge in [-0.2, -0.15) is 5.10 Å². The first-order chi connectivity index (χ1) is 10.3. The van der Waals surface area contributed by atoms with Gasteiger partial charge in [-0.15, -0.1) is 0 Å². The second kappa shape index (κ2) is 6.83. The molecule has 1 fully saturated rings. The van der Waals surface area contributed by atoms with Gasteiger partial charge in [0.1, 0.15) is 0 Å². The molecule has 0 aliphatic carbocycles. The van der Waals surface area contributed by atoms with E-state index in [2.05, 4.69) is 26.5 Å². The maximum Gasteiger partial charge on any atom is 0.0969 e. The van der Waals surface area contributed by atoms with Gasteiger partial charge in [0.25, 0.3) is 0 Å². The minimum atomic E-state index is 0.860. The molecule has 5 nitrogen and oxygen atoms in total. The highest BCUT2D eigenvalue weighted by Gasteiger charge is 2.12. The normalized spacial score (nSPS) is 15.7. The van der Waals surface area contributed by atoms with Crippen molar-refractivity contribution in [3.63, 3.8) is 0 Å². The second-order valence-electron chi connectivity index (χ2n) is 5.64. The van der Waals surface area contributed by atoms with Crippen LogP contribution in [-0.2, 0) is 13.6 Å². The number of pyridine rings is 1. The zero-order valence-electron chi connectivity index (χ0n) is 12.6. The van der Waals surface area contributed by atoms with Crippen LogP contribution in [0.25, 0.3) is 11.3 Å². The van der Waals surface area contributed by atoms with Gasteiger partial charge in [0.05, 0.1) is 5.69 Å². The average molecular weight is 285 g/mol. The first-order valence-electron chi connectivity index (χ1n) is 7.69. The molecule has 0 saturated carbocycles. The van der Waals surface area contributed by atoms with Gasteiger partial charge in [-0.05, 0) is 38.1 Å². The molecule has 0 spiro atoms. The molecule has 21 heavy (non-hydrogen) atoms. The third-order valence-electron chi connectivity index (χ3n) is 3.98. The molecule has 0 unspecified atom stereocenters. The number of hydrogen-bond acceptors (Lipinski definition) is 4. The molecule has 0 radical (unpaired) electrons. The number of rotatable bonds is 6. The smallest absolute Gasteiger partial charge is 0.0969 e. The van der Waals surface area contributed by atoms with Gasteiger partial charge < -0.3 is 10.2 Å². The van der Waals surface area contributed by atoms with Crippen LogP contribution in [0.5, 0.6) is 0 Å². The third kappa shape index (κ3) is 3.68. The molecule has 0 aromatic carbocycles. The summed E-state index contributed by atoms with van der Waals surface area (Å²) in [4.78, 5) is 6.60. The number of nitrogens with one attached hydrogen (secondary N) is 1. The minimum absolute atomic E-state index is 0.860. The molecule has 2 aromatic heterocycles. The summed E-state index contributed by atoms with van der Waals surface area (Å²) in [6, 6.07) is 4.02. The standard InChI is InChI=1S/C16H23N5/c1-20-13-15(12-18-8-11-21-9-2-3-10-21)16(19-20)14-4-6-17-7-5-14/h4-7,13,18H,2-3,8-12H2,1H3. The number of nitrogens with zero attached hydrogens (tertiary/aromatic N) is 4. The predicted molar refractivity (Wildman–Crippen MR) is 83.8 cm³/mol. The van der Waals surface area contributed by atoms with Crippen LogP contribution in [0, 0.1) is 0 Å². The third-order valence-corrected chi connectivity index (χ3v) is 3.98. The lowest BCUT2D eigenvalue weighted by molar-refractivity contribution is 0.335. The van der Waals surface area contributed by atoms with Crippen molar-refractivity contribution >= 4 is 0 Å². The maximum atomic E-state index is 4.58. The molecule has 2 aromatic rings. The van der Waals surface area contributed by atoms with Gasteiger partial charge in [0.2, 0.25) is 0 Å². The van der Waals surface area contributed by atoms with Crippen LogP contribution in [0.3, 0.4) is 0 Å². The molecule has 112 valence electrons. The summed E-state index contributed by atoms with van der Waals surface area (Å²) in [6.07, 6.45) is 8.44. The van der Waals surface area contributed by atoms with Crippen molar-refractivity contribution in [1.82, 2.24) is 25.0 Å². The van der Waals surface area contributed by atoms with E-state index < -0.39 is 0 Å². The lowest BCUT2D eigenvalue weighted by Gasteiger charge is -2.14. The highest BCUT2D eigenvalue weighted by atomic mass is 15.3. The fourth-order valence-electron chi connectivity index (χ4n) is 2.89. The van der Waals surface area contributed by atoms with Gasteiger partial charge in [-0.1, -0.05) is 0 Å². The molecule has 3 heterocycles. The van der Waals surface area contributed by atoms with Gasteiger partial charge in [-0.3, -0.25) is 9.67 Å². The molecule has 0 bridgehead atoms. The highest BCUT2D eigenvalue weighted by molar-refractivity contribution is 5.61. The van der Waals surface area contributed by atoms with Crippen LogP contribution in [-0.4, -0.2) is 45.8 Å². The molecule has 0 amide bonds. The zero-order chi connectivity index (χ0) is 14.5. The van der Waals surface area contributed by atoms with Crippen molar-refractivity contribution in [3.05, 3.63) is 36.3 Å². The number of hydrogen-bond donors (Lipinski definition) is 1. The minimum Gasteiger partial charge on any atom is -0.311 e. The topological polar surface area (TPSA) is 46.0 Å². The molecule has 0 atom stereocenters. The monoisotopic (exact) mass is 285 g/mol. The number of likely N-dealkylation sites (tertiary alicyclic amines) is 1. The largest absolute Gasteiger partial charge is 0.311 e. The lowest BCUT2D eigenvalue weighted by atomic mass is 10.1. The first-order valence-corrected chi connectivity index (χ1v) is 7.69. The fraction of sp³-hybridized carbons (Fsp3) is 0.500.